The summed E-state index contributed by atoms with van der Waals surface area (Å²) in [6.07, 6.45) is 1.94. The number of fused-ring (bicyclic) bond motifs is 1. The Morgan fingerprint density at radius 3 is 2.73 bits per heavy atom. The van der Waals surface area contributed by atoms with Crippen molar-refractivity contribution in [3.63, 3.8) is 0 Å². The molecule has 0 aliphatic heterocycles. The van der Waals surface area contributed by atoms with Crippen LogP contribution < -0.4 is 0 Å². The third kappa shape index (κ3) is 2.48. The predicted molar refractivity (Wildman–Crippen MR) is 85.1 cm³/mol. The van der Waals surface area contributed by atoms with Gasteiger partial charge in [0.05, 0.1) is 22.8 Å². The maximum Gasteiger partial charge on any atom is 0.272 e. The first-order chi connectivity index (χ1) is 10.5. The summed E-state index contributed by atoms with van der Waals surface area (Å²) >= 11 is 1.33. The van der Waals surface area contributed by atoms with E-state index >= 15 is 0 Å². The molecule has 0 saturated carbocycles. The summed E-state index contributed by atoms with van der Waals surface area (Å²) < 4.78 is 5.77. The Balaban J connectivity index is 1.96. The lowest BCUT2D eigenvalue weighted by Crippen LogP contribution is -2.28. The summed E-state index contributed by atoms with van der Waals surface area (Å²) in [5.41, 5.74) is 4.09. The number of hydrogen-bond acceptors (Lipinski definition) is 5. The van der Waals surface area contributed by atoms with Gasteiger partial charge in [-0.1, -0.05) is 10.6 Å². The van der Waals surface area contributed by atoms with E-state index in [0.29, 0.717) is 12.2 Å². The molecule has 0 fully saturated rings. The molecule has 0 aliphatic carbocycles. The number of aromatic nitrogens is 4. The van der Waals surface area contributed by atoms with Gasteiger partial charge in [-0.25, -0.2) is 4.98 Å². The Hall–Kier alpha value is -2.28. The third-order valence-electron chi connectivity index (χ3n) is 3.62. The van der Waals surface area contributed by atoms with Crippen LogP contribution in [0.3, 0.4) is 0 Å². The minimum atomic E-state index is -0.0524. The molecule has 0 saturated heterocycles. The van der Waals surface area contributed by atoms with Crippen LogP contribution in [-0.2, 0) is 6.54 Å². The molecule has 3 rings (SSSR count). The minimum Gasteiger partial charge on any atom is -0.335 e. The van der Waals surface area contributed by atoms with Gasteiger partial charge in [0.1, 0.15) is 11.3 Å². The molecule has 1 amide bonds. The maximum atomic E-state index is 12.8. The van der Waals surface area contributed by atoms with Crippen LogP contribution in [0.25, 0.3) is 5.65 Å². The van der Waals surface area contributed by atoms with Crippen molar-refractivity contribution in [2.24, 2.45) is 0 Å². The summed E-state index contributed by atoms with van der Waals surface area (Å²) in [5, 5.41) is 3.98. The fourth-order valence-electron chi connectivity index (χ4n) is 2.39. The molecule has 7 heteroatoms. The van der Waals surface area contributed by atoms with Crippen LogP contribution in [0.15, 0.2) is 18.3 Å². The molecular formula is C15H17N5OS. The summed E-state index contributed by atoms with van der Waals surface area (Å²) in [5.74, 6) is -0.0524. The van der Waals surface area contributed by atoms with Gasteiger partial charge >= 0.3 is 0 Å². The van der Waals surface area contributed by atoms with E-state index in [1.54, 1.807) is 11.9 Å². The zero-order valence-electron chi connectivity index (χ0n) is 13.0. The van der Waals surface area contributed by atoms with Crippen molar-refractivity contribution in [1.82, 2.24) is 23.9 Å². The van der Waals surface area contributed by atoms with E-state index in [4.69, 9.17) is 0 Å². The van der Waals surface area contributed by atoms with Gasteiger partial charge < -0.3 is 4.90 Å². The molecule has 3 aromatic heterocycles. The SMILES string of the molecule is Cc1ccc2nc(C)c(C(=O)N(C)Cc3snnc3C)n2c1. The minimum absolute atomic E-state index is 0.0524. The van der Waals surface area contributed by atoms with Crippen LogP contribution in [0.5, 0.6) is 0 Å². The van der Waals surface area contributed by atoms with Crippen molar-refractivity contribution in [2.75, 3.05) is 7.05 Å². The number of imidazole rings is 1. The summed E-state index contributed by atoms with van der Waals surface area (Å²) in [6, 6.07) is 3.92. The van der Waals surface area contributed by atoms with Crippen molar-refractivity contribution >= 4 is 23.1 Å². The van der Waals surface area contributed by atoms with Gasteiger partial charge in [-0.15, -0.1) is 5.10 Å². The average Bonchev–Trinajstić information content (AvgIpc) is 3.01. The highest BCUT2D eigenvalue weighted by Gasteiger charge is 2.21. The van der Waals surface area contributed by atoms with Crippen LogP contribution in [0.1, 0.15) is 32.3 Å². The number of aryl methyl sites for hydroxylation is 3. The molecule has 0 spiro atoms. The van der Waals surface area contributed by atoms with Gasteiger partial charge in [-0.05, 0) is 43.9 Å². The number of hydrogen-bond donors (Lipinski definition) is 0. The summed E-state index contributed by atoms with van der Waals surface area (Å²) in [7, 11) is 1.79. The van der Waals surface area contributed by atoms with Gasteiger partial charge in [0.15, 0.2) is 0 Å². The number of rotatable bonds is 3. The number of nitrogens with zero attached hydrogens (tertiary/aromatic N) is 5. The van der Waals surface area contributed by atoms with Crippen LogP contribution >= 0.6 is 11.5 Å². The second-order valence-electron chi connectivity index (χ2n) is 5.42. The molecule has 0 atom stereocenters. The first kappa shape index (κ1) is 14.6. The van der Waals surface area contributed by atoms with Gasteiger partial charge in [-0.3, -0.25) is 9.20 Å². The van der Waals surface area contributed by atoms with E-state index in [9.17, 15) is 4.79 Å². The van der Waals surface area contributed by atoms with Gasteiger partial charge in [0.2, 0.25) is 0 Å². The molecule has 0 aromatic carbocycles. The zero-order valence-corrected chi connectivity index (χ0v) is 13.8. The molecule has 0 aliphatic rings. The summed E-state index contributed by atoms with van der Waals surface area (Å²) in [4.78, 5) is 20.0. The summed E-state index contributed by atoms with van der Waals surface area (Å²) in [6.45, 7) is 6.27. The Kier molecular flexibility index (Phi) is 3.66. The van der Waals surface area contributed by atoms with Crippen LogP contribution in [0.4, 0.5) is 0 Å². The lowest BCUT2D eigenvalue weighted by Gasteiger charge is -2.16. The number of carbonyl (C=O) groups is 1. The lowest BCUT2D eigenvalue weighted by atomic mass is 10.2. The molecule has 0 bridgehead atoms. The average molecular weight is 315 g/mol. The molecule has 114 valence electrons. The van der Waals surface area contributed by atoms with E-state index in [1.165, 1.54) is 11.5 Å². The fourth-order valence-corrected chi connectivity index (χ4v) is 3.08. The van der Waals surface area contributed by atoms with Crippen molar-refractivity contribution in [3.05, 3.63) is 45.9 Å². The van der Waals surface area contributed by atoms with Crippen LogP contribution in [-0.4, -0.2) is 36.8 Å². The Bertz CT molecular complexity index is 851. The molecule has 0 radical (unpaired) electrons. The van der Waals surface area contributed by atoms with Crippen molar-refractivity contribution < 1.29 is 4.79 Å². The Labute approximate surface area is 132 Å². The predicted octanol–water partition coefficient (Wildman–Crippen LogP) is 2.38. The monoisotopic (exact) mass is 315 g/mol. The van der Waals surface area contributed by atoms with Gasteiger partial charge in [0.25, 0.3) is 5.91 Å². The molecule has 3 aromatic rings. The molecule has 3 heterocycles. The van der Waals surface area contributed by atoms with Crippen molar-refractivity contribution in [1.29, 1.82) is 0 Å². The Morgan fingerprint density at radius 1 is 1.27 bits per heavy atom. The molecule has 0 unspecified atom stereocenters. The first-order valence-corrected chi connectivity index (χ1v) is 7.73. The number of pyridine rings is 1. The fraction of sp³-hybridized carbons (Fsp3) is 0.333. The lowest BCUT2D eigenvalue weighted by molar-refractivity contribution is 0.0778. The number of carbonyl (C=O) groups excluding carboxylic acids is 1. The second kappa shape index (κ2) is 5.49. The van der Waals surface area contributed by atoms with E-state index in [0.717, 1.165) is 27.5 Å². The Morgan fingerprint density at radius 2 is 2.05 bits per heavy atom. The highest BCUT2D eigenvalue weighted by atomic mass is 32.1. The molecule has 22 heavy (non-hydrogen) atoms. The smallest absolute Gasteiger partial charge is 0.272 e. The molecular weight excluding hydrogens is 298 g/mol. The largest absolute Gasteiger partial charge is 0.335 e. The zero-order chi connectivity index (χ0) is 15.9. The van der Waals surface area contributed by atoms with Crippen LogP contribution in [0, 0.1) is 20.8 Å². The van der Waals surface area contributed by atoms with Gasteiger partial charge in [0, 0.05) is 13.2 Å². The van der Waals surface area contributed by atoms with Crippen molar-refractivity contribution in [3.8, 4) is 0 Å². The third-order valence-corrected chi connectivity index (χ3v) is 4.42. The van der Waals surface area contributed by atoms with Crippen molar-refractivity contribution in [2.45, 2.75) is 27.3 Å². The van der Waals surface area contributed by atoms with Gasteiger partial charge in [-0.2, -0.15) is 0 Å². The van der Waals surface area contributed by atoms with E-state index < -0.39 is 0 Å². The maximum absolute atomic E-state index is 12.8. The van der Waals surface area contributed by atoms with E-state index in [1.807, 2.05) is 43.5 Å². The number of amides is 1. The topological polar surface area (TPSA) is 63.4 Å². The molecule has 6 nitrogen and oxygen atoms in total. The molecule has 0 N–H and O–H groups in total. The second-order valence-corrected chi connectivity index (χ2v) is 6.26. The normalized spacial score (nSPS) is 11.1. The quantitative estimate of drug-likeness (QED) is 0.744. The van der Waals surface area contributed by atoms with E-state index in [2.05, 4.69) is 14.6 Å². The highest BCUT2D eigenvalue weighted by molar-refractivity contribution is 7.05. The first-order valence-electron chi connectivity index (χ1n) is 6.96. The van der Waals surface area contributed by atoms with E-state index in [-0.39, 0.29) is 5.91 Å². The highest BCUT2D eigenvalue weighted by Crippen LogP contribution is 2.18. The van der Waals surface area contributed by atoms with Crippen LogP contribution in [0.2, 0.25) is 0 Å². The standard InChI is InChI=1S/C15H17N5OS/c1-9-5-6-13-16-11(3)14(20(13)7-9)15(21)19(4)8-12-10(2)17-18-22-12/h5-7H,8H2,1-4H3.